The first-order valence-electron chi connectivity index (χ1n) is 15.8. The number of likely N-dealkylation sites (N-methyl/N-ethyl adjacent to an activating group) is 1. The van der Waals surface area contributed by atoms with Gasteiger partial charge in [0.1, 0.15) is 11.6 Å². The van der Waals surface area contributed by atoms with Crippen LogP contribution >= 0.6 is 11.6 Å². The first kappa shape index (κ1) is 32.3. The zero-order valence-corrected chi connectivity index (χ0v) is 28.4. The molecule has 2 aliphatic heterocycles. The number of benzene rings is 3. The van der Waals surface area contributed by atoms with Crippen molar-refractivity contribution in [2.45, 2.75) is 42.9 Å². The van der Waals surface area contributed by atoms with Gasteiger partial charge < -0.3 is 25.2 Å². The van der Waals surface area contributed by atoms with Crippen molar-refractivity contribution in [2.75, 3.05) is 69.0 Å². The minimum Gasteiger partial charge on any atom is -0.494 e. The standard InChI is InChI=1S/C34H42ClN7O3S/c1-23(2)46(43,44)32-21-24(35)9-11-30(32)36-33-27-7-5-6-8-28(27)37-34(39-33)38-29-12-10-26(22-31(29)45-4)41-15-13-25(14-16-41)42-19-17-40(3)18-20-42/h5-12,21-23,25H,13-20H2,1-4H3,(H2,36,37,38,39). The van der Waals surface area contributed by atoms with E-state index in [1.165, 1.54) is 6.07 Å². The third kappa shape index (κ3) is 6.88. The van der Waals surface area contributed by atoms with Gasteiger partial charge in [0, 0.05) is 67.5 Å². The highest BCUT2D eigenvalue weighted by atomic mass is 35.5. The molecule has 2 N–H and O–H groups in total. The van der Waals surface area contributed by atoms with Gasteiger partial charge in [-0.15, -0.1) is 0 Å². The van der Waals surface area contributed by atoms with Crippen molar-refractivity contribution in [1.29, 1.82) is 0 Å². The lowest BCUT2D eigenvalue weighted by atomic mass is 10.0. The average molecular weight is 664 g/mol. The zero-order chi connectivity index (χ0) is 32.4. The minimum atomic E-state index is -3.63. The summed E-state index contributed by atoms with van der Waals surface area (Å²) in [6, 6.07) is 19.2. The van der Waals surface area contributed by atoms with Gasteiger partial charge >= 0.3 is 0 Å². The summed E-state index contributed by atoms with van der Waals surface area (Å²) in [4.78, 5) is 17.2. The third-order valence-electron chi connectivity index (χ3n) is 9.04. The van der Waals surface area contributed by atoms with E-state index in [0.717, 1.165) is 68.9 Å². The molecule has 0 saturated carbocycles. The van der Waals surface area contributed by atoms with E-state index >= 15 is 0 Å². The fraction of sp³-hybridized carbons (Fsp3) is 0.412. The zero-order valence-electron chi connectivity index (χ0n) is 26.8. The van der Waals surface area contributed by atoms with Crippen molar-refractivity contribution in [3.05, 3.63) is 65.7 Å². The molecule has 244 valence electrons. The first-order valence-corrected chi connectivity index (χ1v) is 17.7. The molecule has 3 aromatic carbocycles. The summed E-state index contributed by atoms with van der Waals surface area (Å²) in [6.07, 6.45) is 2.31. The number of aromatic nitrogens is 2. The number of anilines is 5. The Balaban J connectivity index is 1.24. The summed E-state index contributed by atoms with van der Waals surface area (Å²) in [6.45, 7) is 9.92. The molecule has 12 heteroatoms. The van der Waals surface area contributed by atoms with Crippen molar-refractivity contribution in [3.8, 4) is 5.75 Å². The molecular formula is C34H42ClN7O3S. The summed E-state index contributed by atoms with van der Waals surface area (Å²) < 4.78 is 32.3. The average Bonchev–Trinajstić information content (AvgIpc) is 3.06. The van der Waals surface area contributed by atoms with Crippen molar-refractivity contribution in [3.63, 3.8) is 0 Å². The Hall–Kier alpha value is -3.64. The van der Waals surface area contributed by atoms with Gasteiger partial charge in [-0.05, 0) is 76.2 Å². The second-order valence-corrected chi connectivity index (χ2v) is 15.2. The number of fused-ring (bicyclic) bond motifs is 1. The molecule has 0 aliphatic carbocycles. The predicted molar refractivity (Wildman–Crippen MR) is 187 cm³/mol. The Kier molecular flexibility index (Phi) is 9.56. The largest absolute Gasteiger partial charge is 0.494 e. The summed E-state index contributed by atoms with van der Waals surface area (Å²) in [5, 5.41) is 7.08. The summed E-state index contributed by atoms with van der Waals surface area (Å²) in [7, 11) is 0.237. The topological polar surface area (TPSA) is 103 Å². The van der Waals surface area contributed by atoms with E-state index in [-0.39, 0.29) is 4.90 Å². The molecule has 0 radical (unpaired) electrons. The van der Waals surface area contributed by atoms with Crippen LogP contribution in [0.1, 0.15) is 26.7 Å². The highest BCUT2D eigenvalue weighted by molar-refractivity contribution is 7.92. The van der Waals surface area contributed by atoms with Crippen molar-refractivity contribution >= 4 is 61.2 Å². The number of para-hydroxylation sites is 1. The molecule has 0 unspecified atom stereocenters. The van der Waals surface area contributed by atoms with E-state index in [2.05, 4.69) is 44.5 Å². The first-order chi connectivity index (χ1) is 22.1. The van der Waals surface area contributed by atoms with Gasteiger partial charge in [0.05, 0.1) is 34.1 Å². The minimum absolute atomic E-state index is 0.122. The number of nitrogens with zero attached hydrogens (tertiary/aromatic N) is 5. The second kappa shape index (κ2) is 13.6. The van der Waals surface area contributed by atoms with Gasteiger partial charge in [0.2, 0.25) is 5.95 Å². The number of nitrogens with one attached hydrogen (secondary N) is 2. The lowest BCUT2D eigenvalue weighted by Crippen LogP contribution is -2.52. The molecule has 2 fully saturated rings. The van der Waals surface area contributed by atoms with Gasteiger partial charge in [-0.3, -0.25) is 4.90 Å². The summed E-state index contributed by atoms with van der Waals surface area (Å²) in [5.74, 6) is 1.50. The molecule has 0 spiro atoms. The molecule has 46 heavy (non-hydrogen) atoms. The summed E-state index contributed by atoms with van der Waals surface area (Å²) >= 11 is 6.23. The fourth-order valence-electron chi connectivity index (χ4n) is 6.22. The van der Waals surface area contributed by atoms with E-state index < -0.39 is 15.1 Å². The van der Waals surface area contributed by atoms with E-state index in [1.807, 2.05) is 30.3 Å². The number of piperazine rings is 1. The number of piperidine rings is 1. The van der Waals surface area contributed by atoms with Crippen LogP contribution in [-0.2, 0) is 9.84 Å². The predicted octanol–water partition coefficient (Wildman–Crippen LogP) is 6.18. The van der Waals surface area contributed by atoms with Crippen LogP contribution in [0.4, 0.5) is 28.8 Å². The number of rotatable bonds is 9. The van der Waals surface area contributed by atoms with Crippen molar-refractivity contribution in [2.24, 2.45) is 0 Å². The highest BCUT2D eigenvalue weighted by Gasteiger charge is 2.27. The van der Waals surface area contributed by atoms with Crippen molar-refractivity contribution in [1.82, 2.24) is 19.8 Å². The maximum Gasteiger partial charge on any atom is 0.229 e. The maximum atomic E-state index is 13.2. The number of methoxy groups -OCH3 is 1. The fourth-order valence-corrected chi connectivity index (χ4v) is 7.68. The Morgan fingerprint density at radius 2 is 1.61 bits per heavy atom. The van der Waals surface area contributed by atoms with Crippen LogP contribution in [0.5, 0.6) is 5.75 Å². The van der Waals surface area contributed by atoms with E-state index in [1.54, 1.807) is 33.1 Å². The van der Waals surface area contributed by atoms with E-state index in [0.29, 0.717) is 39.8 Å². The number of sulfone groups is 1. The molecule has 0 bridgehead atoms. The highest BCUT2D eigenvalue weighted by Crippen LogP contribution is 2.36. The summed E-state index contributed by atoms with van der Waals surface area (Å²) in [5.41, 5.74) is 2.95. The quantitative estimate of drug-likeness (QED) is 0.216. The van der Waals surface area contributed by atoms with Gasteiger partial charge in [0.25, 0.3) is 0 Å². The van der Waals surface area contributed by atoms with Gasteiger partial charge in [-0.1, -0.05) is 23.7 Å². The lowest BCUT2D eigenvalue weighted by molar-refractivity contribution is 0.0982. The Morgan fingerprint density at radius 1 is 0.891 bits per heavy atom. The molecule has 2 saturated heterocycles. The Morgan fingerprint density at radius 3 is 2.33 bits per heavy atom. The molecule has 10 nitrogen and oxygen atoms in total. The number of ether oxygens (including phenoxy) is 1. The Labute approximate surface area is 276 Å². The number of hydrogen-bond donors (Lipinski definition) is 2. The second-order valence-electron chi connectivity index (χ2n) is 12.3. The van der Waals surface area contributed by atoms with Crippen LogP contribution < -0.4 is 20.3 Å². The molecule has 1 aromatic heterocycles. The Bertz CT molecular complexity index is 1800. The normalized spacial score (nSPS) is 17.0. The molecule has 2 aliphatic rings. The number of halogens is 1. The van der Waals surface area contributed by atoms with Gasteiger partial charge in [-0.25, -0.2) is 13.4 Å². The number of hydrogen-bond acceptors (Lipinski definition) is 10. The van der Waals surface area contributed by atoms with Crippen molar-refractivity contribution < 1.29 is 13.2 Å². The SMILES string of the molecule is COc1cc(N2CCC(N3CCN(C)CC3)CC2)ccc1Nc1nc(Nc2ccc(Cl)cc2S(=O)(=O)C(C)C)c2ccccc2n1. The van der Waals surface area contributed by atoms with Gasteiger partial charge in [0.15, 0.2) is 9.84 Å². The van der Waals surface area contributed by atoms with Crippen LogP contribution in [0.3, 0.4) is 0 Å². The monoisotopic (exact) mass is 663 g/mol. The molecule has 4 aromatic rings. The molecule has 0 atom stereocenters. The van der Waals surface area contributed by atoms with Crippen LogP contribution in [-0.4, -0.2) is 92.9 Å². The third-order valence-corrected chi connectivity index (χ3v) is 11.5. The van der Waals surface area contributed by atoms with Crippen LogP contribution in [0.15, 0.2) is 65.6 Å². The van der Waals surface area contributed by atoms with Gasteiger partial charge in [-0.2, -0.15) is 4.98 Å². The molecule has 0 amide bonds. The van der Waals surface area contributed by atoms with Crippen LogP contribution in [0.2, 0.25) is 5.02 Å². The molecular weight excluding hydrogens is 622 g/mol. The smallest absolute Gasteiger partial charge is 0.229 e. The van der Waals surface area contributed by atoms with E-state index in [4.69, 9.17) is 26.3 Å². The van der Waals surface area contributed by atoms with Crippen LogP contribution in [0, 0.1) is 0 Å². The van der Waals surface area contributed by atoms with E-state index in [9.17, 15) is 8.42 Å². The molecule has 3 heterocycles. The lowest BCUT2D eigenvalue weighted by Gasteiger charge is -2.42. The maximum absolute atomic E-state index is 13.2. The van der Waals surface area contributed by atoms with Crippen LogP contribution in [0.25, 0.3) is 10.9 Å². The molecule has 6 rings (SSSR count).